The Morgan fingerprint density at radius 2 is 2.21 bits per heavy atom. The van der Waals surface area contributed by atoms with E-state index >= 15 is 0 Å². The first-order valence-electron chi connectivity index (χ1n) is 6.35. The molecular formula is C15H20BrNO2. The van der Waals surface area contributed by atoms with E-state index in [4.69, 9.17) is 5.11 Å². The number of carboxylic acids is 1. The molecule has 0 radical (unpaired) electrons. The van der Waals surface area contributed by atoms with E-state index in [0.717, 1.165) is 34.8 Å². The van der Waals surface area contributed by atoms with Gasteiger partial charge in [-0.1, -0.05) is 26.3 Å². The summed E-state index contributed by atoms with van der Waals surface area (Å²) >= 11 is 3.54. The number of carbonyl (C=O) groups is 1. The number of benzene rings is 1. The molecule has 0 aromatic heterocycles. The minimum atomic E-state index is -0.936. The highest BCUT2D eigenvalue weighted by atomic mass is 79.9. The van der Waals surface area contributed by atoms with Crippen molar-refractivity contribution in [2.75, 3.05) is 18.5 Å². The van der Waals surface area contributed by atoms with Crippen LogP contribution in [0.25, 0.3) is 6.08 Å². The van der Waals surface area contributed by atoms with Crippen LogP contribution in [0.1, 0.15) is 25.8 Å². The summed E-state index contributed by atoms with van der Waals surface area (Å²) in [7, 11) is 2.07. The standard InChI is InChI=1S/C15H20BrNO2/c1-4-11(2)10-17(3)14-7-5-12(9-13(14)16)6-8-15(18)19/h5-9,11H,4,10H2,1-3H3,(H,18,19)/b8-6+. The van der Waals surface area contributed by atoms with E-state index in [0.29, 0.717) is 5.92 Å². The van der Waals surface area contributed by atoms with Gasteiger partial charge in [0.2, 0.25) is 0 Å². The van der Waals surface area contributed by atoms with Gasteiger partial charge in [-0.2, -0.15) is 0 Å². The minimum Gasteiger partial charge on any atom is -0.478 e. The zero-order valence-electron chi connectivity index (χ0n) is 11.6. The van der Waals surface area contributed by atoms with Crippen LogP contribution in [0.2, 0.25) is 0 Å². The molecule has 104 valence electrons. The first kappa shape index (κ1) is 15.8. The normalized spacial score (nSPS) is 12.6. The zero-order valence-corrected chi connectivity index (χ0v) is 13.1. The van der Waals surface area contributed by atoms with E-state index in [1.54, 1.807) is 6.08 Å². The molecular weight excluding hydrogens is 306 g/mol. The summed E-state index contributed by atoms with van der Waals surface area (Å²) < 4.78 is 0.978. The van der Waals surface area contributed by atoms with Gasteiger partial charge < -0.3 is 10.0 Å². The fraction of sp³-hybridized carbons (Fsp3) is 0.400. The molecule has 0 bridgehead atoms. The molecule has 0 spiro atoms. The molecule has 0 aliphatic carbocycles. The van der Waals surface area contributed by atoms with Gasteiger partial charge in [-0.15, -0.1) is 0 Å². The Bertz CT molecular complexity index is 471. The maximum Gasteiger partial charge on any atom is 0.328 e. The van der Waals surface area contributed by atoms with Crippen molar-refractivity contribution in [1.29, 1.82) is 0 Å². The van der Waals surface area contributed by atoms with Crippen molar-refractivity contribution in [3.05, 3.63) is 34.3 Å². The number of aliphatic carboxylic acids is 1. The molecule has 0 saturated heterocycles. The molecule has 0 fully saturated rings. The average molecular weight is 326 g/mol. The molecule has 3 nitrogen and oxygen atoms in total. The number of hydrogen-bond donors (Lipinski definition) is 1. The maximum absolute atomic E-state index is 10.5. The molecule has 19 heavy (non-hydrogen) atoms. The van der Waals surface area contributed by atoms with E-state index in [-0.39, 0.29) is 0 Å². The Kier molecular flexibility index (Phi) is 6.09. The van der Waals surface area contributed by atoms with Gasteiger partial charge in [-0.3, -0.25) is 0 Å². The molecule has 1 aromatic carbocycles. The van der Waals surface area contributed by atoms with Crippen molar-refractivity contribution in [1.82, 2.24) is 0 Å². The number of hydrogen-bond acceptors (Lipinski definition) is 2. The molecule has 1 rings (SSSR count). The van der Waals surface area contributed by atoms with Crippen molar-refractivity contribution < 1.29 is 9.90 Å². The largest absolute Gasteiger partial charge is 0.478 e. The van der Waals surface area contributed by atoms with Gasteiger partial charge in [0, 0.05) is 24.1 Å². The van der Waals surface area contributed by atoms with Crippen molar-refractivity contribution in [3.8, 4) is 0 Å². The summed E-state index contributed by atoms with van der Waals surface area (Å²) in [4.78, 5) is 12.7. The lowest BCUT2D eigenvalue weighted by atomic mass is 10.1. The van der Waals surface area contributed by atoms with Crippen molar-refractivity contribution in [2.45, 2.75) is 20.3 Å². The van der Waals surface area contributed by atoms with Gasteiger partial charge >= 0.3 is 5.97 Å². The first-order valence-corrected chi connectivity index (χ1v) is 7.15. The van der Waals surface area contributed by atoms with Gasteiger partial charge in [0.15, 0.2) is 0 Å². The van der Waals surface area contributed by atoms with E-state index in [1.807, 2.05) is 18.2 Å². The fourth-order valence-electron chi connectivity index (χ4n) is 1.80. The third-order valence-electron chi connectivity index (χ3n) is 3.08. The second kappa shape index (κ2) is 7.34. The Labute approximate surface area is 123 Å². The van der Waals surface area contributed by atoms with Crippen LogP contribution in [0, 0.1) is 5.92 Å². The van der Waals surface area contributed by atoms with Crippen LogP contribution in [0.3, 0.4) is 0 Å². The smallest absolute Gasteiger partial charge is 0.328 e. The number of halogens is 1. The highest BCUT2D eigenvalue weighted by Crippen LogP contribution is 2.27. The molecule has 1 atom stereocenters. The molecule has 4 heteroatoms. The fourth-order valence-corrected chi connectivity index (χ4v) is 2.50. The summed E-state index contributed by atoms with van der Waals surface area (Å²) in [6.45, 7) is 5.42. The first-order chi connectivity index (χ1) is 8.93. The summed E-state index contributed by atoms with van der Waals surface area (Å²) in [5.74, 6) is -0.294. The van der Waals surface area contributed by atoms with Crippen LogP contribution in [0.15, 0.2) is 28.7 Å². The van der Waals surface area contributed by atoms with Gasteiger partial charge in [0.05, 0.1) is 5.69 Å². The maximum atomic E-state index is 10.5. The predicted octanol–water partition coefficient (Wildman–Crippen LogP) is 4.03. The SMILES string of the molecule is CCC(C)CN(C)c1ccc(/C=C/C(=O)O)cc1Br. The second-order valence-corrected chi connectivity index (χ2v) is 5.63. The summed E-state index contributed by atoms with van der Waals surface area (Å²) in [6.07, 6.45) is 3.89. The second-order valence-electron chi connectivity index (χ2n) is 4.78. The van der Waals surface area contributed by atoms with Gasteiger partial charge in [0.1, 0.15) is 0 Å². The molecule has 1 unspecified atom stereocenters. The van der Waals surface area contributed by atoms with E-state index in [9.17, 15) is 4.79 Å². The number of anilines is 1. The molecule has 0 saturated carbocycles. The lowest BCUT2D eigenvalue weighted by Gasteiger charge is -2.24. The number of rotatable bonds is 6. The van der Waals surface area contributed by atoms with Gasteiger partial charge in [-0.05, 0) is 45.6 Å². The zero-order chi connectivity index (χ0) is 14.4. The van der Waals surface area contributed by atoms with Crippen molar-refractivity contribution in [3.63, 3.8) is 0 Å². The molecule has 0 aliphatic heterocycles. The molecule has 1 N–H and O–H groups in total. The van der Waals surface area contributed by atoms with E-state index in [1.165, 1.54) is 0 Å². The van der Waals surface area contributed by atoms with Crippen molar-refractivity contribution in [2.24, 2.45) is 5.92 Å². The third kappa shape index (κ3) is 5.07. The molecule has 0 aliphatic rings. The Balaban J connectivity index is 2.85. The highest BCUT2D eigenvalue weighted by molar-refractivity contribution is 9.10. The predicted molar refractivity (Wildman–Crippen MR) is 83.5 cm³/mol. The number of nitrogens with zero attached hydrogens (tertiary/aromatic N) is 1. The minimum absolute atomic E-state index is 0.642. The lowest BCUT2D eigenvalue weighted by molar-refractivity contribution is -0.131. The summed E-state index contributed by atoms with van der Waals surface area (Å²) in [5.41, 5.74) is 1.99. The highest BCUT2D eigenvalue weighted by Gasteiger charge is 2.09. The van der Waals surface area contributed by atoms with Gasteiger partial charge in [0.25, 0.3) is 0 Å². The third-order valence-corrected chi connectivity index (χ3v) is 3.72. The van der Waals surface area contributed by atoms with Crippen LogP contribution in [0.5, 0.6) is 0 Å². The topological polar surface area (TPSA) is 40.5 Å². The Hall–Kier alpha value is -1.29. The van der Waals surface area contributed by atoms with E-state index in [2.05, 4.69) is 41.7 Å². The molecule has 0 amide bonds. The summed E-state index contributed by atoms with van der Waals surface area (Å²) in [5, 5.41) is 8.61. The van der Waals surface area contributed by atoms with Crippen molar-refractivity contribution >= 4 is 33.7 Å². The quantitative estimate of drug-likeness (QED) is 0.803. The lowest BCUT2D eigenvalue weighted by Crippen LogP contribution is -2.23. The molecule has 1 aromatic rings. The van der Waals surface area contributed by atoms with Crippen LogP contribution in [0.4, 0.5) is 5.69 Å². The average Bonchev–Trinajstić information content (AvgIpc) is 2.35. The summed E-state index contributed by atoms with van der Waals surface area (Å²) in [6, 6.07) is 5.86. The Morgan fingerprint density at radius 1 is 1.53 bits per heavy atom. The van der Waals surface area contributed by atoms with Crippen LogP contribution >= 0.6 is 15.9 Å². The van der Waals surface area contributed by atoms with Gasteiger partial charge in [-0.25, -0.2) is 4.79 Å². The monoisotopic (exact) mass is 325 g/mol. The Morgan fingerprint density at radius 3 is 2.74 bits per heavy atom. The van der Waals surface area contributed by atoms with E-state index < -0.39 is 5.97 Å². The van der Waals surface area contributed by atoms with Crippen LogP contribution in [-0.2, 0) is 4.79 Å². The number of carboxylic acid groups (broad SMARTS) is 1. The van der Waals surface area contributed by atoms with Crippen LogP contribution in [-0.4, -0.2) is 24.7 Å². The van der Waals surface area contributed by atoms with Crippen LogP contribution < -0.4 is 4.90 Å². The molecule has 0 heterocycles.